The summed E-state index contributed by atoms with van der Waals surface area (Å²) in [7, 11) is 1.68. The van der Waals surface area contributed by atoms with Gasteiger partial charge in [0.25, 0.3) is 0 Å². The van der Waals surface area contributed by atoms with Gasteiger partial charge in [-0.15, -0.1) is 0 Å². The fourth-order valence-electron chi connectivity index (χ4n) is 2.90. The summed E-state index contributed by atoms with van der Waals surface area (Å²) >= 11 is 0. The Morgan fingerprint density at radius 1 is 1.05 bits per heavy atom. The molecule has 1 N–H and O–H groups in total. The highest BCUT2D eigenvalue weighted by Gasteiger charge is 2.24. The topological polar surface area (TPSA) is 30.5 Å². The zero-order valence-electron chi connectivity index (χ0n) is 15.5. The van der Waals surface area contributed by atoms with Crippen LogP contribution in [-0.4, -0.2) is 18.8 Å². The molecule has 1 aromatic carbocycles. The van der Waals surface area contributed by atoms with E-state index in [1.807, 2.05) is 19.9 Å². The molecule has 0 spiro atoms. The van der Waals surface area contributed by atoms with Gasteiger partial charge in [0.1, 0.15) is 0 Å². The molecule has 0 aliphatic rings. The van der Waals surface area contributed by atoms with Gasteiger partial charge in [-0.2, -0.15) is 0 Å². The molecule has 0 aliphatic heterocycles. The molecule has 3 heteroatoms. The molecule has 0 amide bonds. The van der Waals surface area contributed by atoms with Crippen LogP contribution in [0.3, 0.4) is 0 Å². The Morgan fingerprint density at radius 2 is 1.68 bits per heavy atom. The van der Waals surface area contributed by atoms with E-state index in [0.29, 0.717) is 5.41 Å². The minimum Gasteiger partial charge on any atom is -0.493 e. The van der Waals surface area contributed by atoms with Gasteiger partial charge in [-0.25, -0.2) is 0 Å². The Hall–Kier alpha value is -1.22. The smallest absolute Gasteiger partial charge is 0.161 e. The van der Waals surface area contributed by atoms with Crippen molar-refractivity contribution in [2.24, 2.45) is 5.41 Å². The number of rotatable bonds is 7. The van der Waals surface area contributed by atoms with Crippen molar-refractivity contribution in [1.29, 1.82) is 0 Å². The first-order chi connectivity index (χ1) is 10.0. The molecule has 1 rings (SSSR count). The molecule has 0 saturated heterocycles. The molecule has 3 nitrogen and oxygen atoms in total. The fourth-order valence-corrected chi connectivity index (χ4v) is 2.90. The quantitative estimate of drug-likeness (QED) is 0.786. The van der Waals surface area contributed by atoms with Crippen LogP contribution in [0.2, 0.25) is 0 Å². The predicted octanol–water partition coefficient (Wildman–Crippen LogP) is 4.79. The van der Waals surface area contributed by atoms with Gasteiger partial charge in [-0.1, -0.05) is 26.8 Å². The van der Waals surface area contributed by atoms with E-state index >= 15 is 0 Å². The summed E-state index contributed by atoms with van der Waals surface area (Å²) in [5, 5.41) is 3.65. The number of ether oxygens (including phenoxy) is 2. The molecule has 0 unspecified atom stereocenters. The second-order valence-electron chi connectivity index (χ2n) is 8.13. The molecule has 0 atom stereocenters. The second-order valence-corrected chi connectivity index (χ2v) is 8.13. The van der Waals surface area contributed by atoms with Crippen molar-refractivity contribution in [2.45, 2.75) is 73.1 Å². The normalized spacial score (nSPS) is 12.6. The molecule has 0 aliphatic carbocycles. The molecule has 0 bridgehead atoms. The first-order valence-corrected chi connectivity index (χ1v) is 8.11. The fraction of sp³-hybridized carbons (Fsp3) is 0.684. The van der Waals surface area contributed by atoms with Crippen LogP contribution in [0.5, 0.6) is 11.5 Å². The van der Waals surface area contributed by atoms with Gasteiger partial charge in [-0.05, 0) is 57.2 Å². The monoisotopic (exact) mass is 307 g/mol. The molecule has 0 saturated carbocycles. The van der Waals surface area contributed by atoms with Crippen LogP contribution in [0, 0.1) is 5.41 Å². The summed E-state index contributed by atoms with van der Waals surface area (Å²) in [6.07, 6.45) is 1.26. The third-order valence-electron chi connectivity index (χ3n) is 3.33. The van der Waals surface area contributed by atoms with Crippen molar-refractivity contribution >= 4 is 0 Å². The van der Waals surface area contributed by atoms with Crippen LogP contribution in [0.25, 0.3) is 0 Å². The Balaban J connectivity index is 2.74. The molecular formula is C19H33NO2. The lowest BCUT2D eigenvalue weighted by molar-refractivity contribution is 0.229. The summed E-state index contributed by atoms with van der Waals surface area (Å²) in [6.45, 7) is 16.2. The van der Waals surface area contributed by atoms with Crippen molar-refractivity contribution in [2.75, 3.05) is 7.11 Å². The van der Waals surface area contributed by atoms with E-state index in [2.05, 4.69) is 52.1 Å². The van der Waals surface area contributed by atoms with E-state index < -0.39 is 0 Å². The van der Waals surface area contributed by atoms with Gasteiger partial charge in [0.2, 0.25) is 0 Å². The molecule has 126 valence electrons. The number of benzene rings is 1. The first kappa shape index (κ1) is 18.8. The van der Waals surface area contributed by atoms with Crippen LogP contribution in [0.4, 0.5) is 0 Å². The molecular weight excluding hydrogens is 274 g/mol. The third kappa shape index (κ3) is 6.69. The van der Waals surface area contributed by atoms with Crippen LogP contribution >= 0.6 is 0 Å². The maximum absolute atomic E-state index is 5.76. The average molecular weight is 307 g/mol. The molecule has 0 fully saturated rings. The largest absolute Gasteiger partial charge is 0.493 e. The van der Waals surface area contributed by atoms with E-state index in [0.717, 1.165) is 24.5 Å². The maximum atomic E-state index is 5.76. The zero-order chi connectivity index (χ0) is 17.0. The molecule has 1 aromatic rings. The van der Waals surface area contributed by atoms with Crippen molar-refractivity contribution in [3.63, 3.8) is 0 Å². The lowest BCUT2D eigenvalue weighted by Crippen LogP contribution is -2.41. The van der Waals surface area contributed by atoms with Gasteiger partial charge in [-0.3, -0.25) is 0 Å². The number of nitrogens with one attached hydrogen (secondary N) is 1. The summed E-state index contributed by atoms with van der Waals surface area (Å²) in [6, 6.07) is 6.14. The van der Waals surface area contributed by atoms with Crippen LogP contribution in [-0.2, 0) is 6.54 Å². The van der Waals surface area contributed by atoms with Crippen LogP contribution in [0.1, 0.15) is 60.5 Å². The number of hydrogen-bond donors (Lipinski definition) is 1. The molecule has 0 aromatic heterocycles. The van der Waals surface area contributed by atoms with E-state index in [9.17, 15) is 0 Å². The minimum absolute atomic E-state index is 0.0958. The lowest BCUT2D eigenvalue weighted by atomic mass is 9.82. The Kier molecular flexibility index (Phi) is 6.30. The Morgan fingerprint density at radius 3 is 2.18 bits per heavy atom. The Labute approximate surface area is 136 Å². The summed E-state index contributed by atoms with van der Waals surface area (Å²) in [5.74, 6) is 1.59. The maximum Gasteiger partial charge on any atom is 0.161 e. The highest BCUT2D eigenvalue weighted by Crippen LogP contribution is 2.30. The van der Waals surface area contributed by atoms with Gasteiger partial charge in [0.05, 0.1) is 13.2 Å². The van der Waals surface area contributed by atoms with Crippen molar-refractivity contribution < 1.29 is 9.47 Å². The van der Waals surface area contributed by atoms with E-state index in [-0.39, 0.29) is 11.6 Å². The van der Waals surface area contributed by atoms with E-state index in [4.69, 9.17) is 9.47 Å². The second kappa shape index (κ2) is 7.36. The molecule has 22 heavy (non-hydrogen) atoms. The molecule has 0 heterocycles. The summed E-state index contributed by atoms with van der Waals surface area (Å²) in [5.41, 5.74) is 1.61. The Bertz CT molecular complexity index is 473. The van der Waals surface area contributed by atoms with Gasteiger partial charge >= 0.3 is 0 Å². The van der Waals surface area contributed by atoms with Crippen molar-refractivity contribution in [3.8, 4) is 11.5 Å². The van der Waals surface area contributed by atoms with Gasteiger partial charge in [0.15, 0.2) is 11.5 Å². The van der Waals surface area contributed by atoms with Crippen molar-refractivity contribution in [1.82, 2.24) is 5.32 Å². The molecule has 0 radical (unpaired) electrons. The number of methoxy groups -OCH3 is 1. The van der Waals surface area contributed by atoms with E-state index in [1.165, 1.54) is 5.56 Å². The summed E-state index contributed by atoms with van der Waals surface area (Å²) in [4.78, 5) is 0. The third-order valence-corrected chi connectivity index (χ3v) is 3.33. The zero-order valence-corrected chi connectivity index (χ0v) is 15.5. The minimum atomic E-state index is 0.0958. The summed E-state index contributed by atoms with van der Waals surface area (Å²) < 4.78 is 11.2. The van der Waals surface area contributed by atoms with E-state index in [1.54, 1.807) is 7.11 Å². The van der Waals surface area contributed by atoms with Crippen LogP contribution < -0.4 is 14.8 Å². The standard InChI is InChI=1S/C19H33NO2/c1-14(2)22-16-10-9-15(11-17(16)21-8)12-20-19(6,7)13-18(3,4)5/h9-11,14,20H,12-13H2,1-8H3. The van der Waals surface area contributed by atoms with Crippen molar-refractivity contribution in [3.05, 3.63) is 23.8 Å². The van der Waals surface area contributed by atoms with Crippen LogP contribution in [0.15, 0.2) is 18.2 Å². The lowest BCUT2D eigenvalue weighted by Gasteiger charge is -2.33. The average Bonchev–Trinajstić information content (AvgIpc) is 2.34. The SMILES string of the molecule is COc1cc(CNC(C)(C)CC(C)(C)C)ccc1OC(C)C. The van der Waals surface area contributed by atoms with Gasteiger partial charge in [0, 0.05) is 12.1 Å². The number of hydrogen-bond acceptors (Lipinski definition) is 3. The van der Waals surface area contributed by atoms with Gasteiger partial charge < -0.3 is 14.8 Å². The highest BCUT2D eigenvalue weighted by atomic mass is 16.5. The predicted molar refractivity (Wildman–Crippen MR) is 93.7 cm³/mol. The highest BCUT2D eigenvalue weighted by molar-refractivity contribution is 5.43. The first-order valence-electron chi connectivity index (χ1n) is 8.11.